The number of hydrogen-bond donors (Lipinski definition) is 2. The second-order valence-corrected chi connectivity index (χ2v) is 9.10. The van der Waals surface area contributed by atoms with Crippen molar-refractivity contribution in [2.75, 3.05) is 6.54 Å². The molecule has 0 aliphatic rings. The predicted molar refractivity (Wildman–Crippen MR) is 120 cm³/mol. The summed E-state index contributed by atoms with van der Waals surface area (Å²) in [5.41, 5.74) is 2.19. The summed E-state index contributed by atoms with van der Waals surface area (Å²) in [5.74, 6) is -0.196. The Morgan fingerprint density at radius 3 is 2.61 bits per heavy atom. The molecule has 0 saturated heterocycles. The molecule has 0 aliphatic carbocycles. The molecular weight excluding hydrogens is 414 g/mol. The largest absolute Gasteiger partial charge is 0.444 e. The number of carbonyl (C=O) groups excluding carboxylic acids is 2. The highest BCUT2D eigenvalue weighted by Gasteiger charge is 2.20. The lowest BCUT2D eigenvalue weighted by molar-refractivity contribution is 0.0520. The maximum atomic E-state index is 12.9. The normalized spacial score (nSPS) is 12.3. The van der Waals surface area contributed by atoms with E-state index in [9.17, 15) is 9.59 Å². The molecule has 0 aliphatic heterocycles. The van der Waals surface area contributed by atoms with Crippen LogP contribution in [0.1, 0.15) is 36.0 Å². The molecule has 9 heteroatoms. The Balaban J connectivity index is 1.68. The number of hydrogen-bond acceptors (Lipinski definition) is 6. The third-order valence-corrected chi connectivity index (χ3v) is 5.31. The van der Waals surface area contributed by atoms with Crippen molar-refractivity contribution in [1.82, 2.24) is 25.6 Å². The molecule has 0 fully saturated rings. The monoisotopic (exact) mass is 441 g/mol. The zero-order chi connectivity index (χ0) is 22.4. The van der Waals surface area contributed by atoms with E-state index in [0.29, 0.717) is 11.3 Å². The van der Waals surface area contributed by atoms with Gasteiger partial charge in [0.1, 0.15) is 5.60 Å². The fraction of sp³-hybridized carbons (Fsp3) is 0.364. The van der Waals surface area contributed by atoms with Gasteiger partial charge in [0.25, 0.3) is 5.91 Å². The minimum absolute atomic E-state index is 0.196. The van der Waals surface area contributed by atoms with Crippen molar-refractivity contribution in [3.05, 3.63) is 58.4 Å². The van der Waals surface area contributed by atoms with Gasteiger partial charge in [-0.1, -0.05) is 35.5 Å². The fourth-order valence-corrected chi connectivity index (χ4v) is 3.79. The third-order valence-electron chi connectivity index (χ3n) is 4.39. The molecule has 0 bridgehead atoms. The summed E-state index contributed by atoms with van der Waals surface area (Å²) in [4.78, 5) is 25.6. The van der Waals surface area contributed by atoms with Crippen LogP contribution in [0.2, 0.25) is 0 Å². The molecule has 2 N–H and O–H groups in total. The molecule has 164 valence electrons. The number of aromatic nitrogens is 3. The number of carbonyl (C=O) groups is 2. The smallest absolute Gasteiger partial charge is 0.407 e. The van der Waals surface area contributed by atoms with Crippen molar-refractivity contribution in [2.45, 2.75) is 38.8 Å². The standard InChI is InChI=1S/C22H27N5O3S/c1-22(2,3)30-21(29)23-12-17(10-15-8-6-5-7-9-15)25-20(28)19-11-16(14-31-19)18-13-24-26-27(18)4/h5-9,11,13-14,17H,10,12H2,1-4H3,(H,23,29)(H,25,28). The highest BCUT2D eigenvalue weighted by atomic mass is 32.1. The molecule has 1 atom stereocenters. The molecule has 0 spiro atoms. The van der Waals surface area contributed by atoms with Gasteiger partial charge in [0.2, 0.25) is 0 Å². The summed E-state index contributed by atoms with van der Waals surface area (Å²) < 4.78 is 6.97. The van der Waals surface area contributed by atoms with Crippen LogP contribution in [0.15, 0.2) is 48.0 Å². The number of nitrogens with one attached hydrogen (secondary N) is 2. The Hall–Kier alpha value is -3.20. The molecule has 1 aromatic carbocycles. The molecule has 8 nitrogen and oxygen atoms in total. The zero-order valence-corrected chi connectivity index (χ0v) is 18.9. The molecule has 3 aromatic rings. The van der Waals surface area contributed by atoms with Crippen LogP contribution in [0.25, 0.3) is 11.3 Å². The van der Waals surface area contributed by atoms with Gasteiger partial charge in [-0.05, 0) is 38.8 Å². The summed E-state index contributed by atoms with van der Waals surface area (Å²) in [6.45, 7) is 5.67. The van der Waals surface area contributed by atoms with E-state index in [4.69, 9.17) is 4.74 Å². The average molecular weight is 442 g/mol. The Morgan fingerprint density at radius 2 is 1.97 bits per heavy atom. The third kappa shape index (κ3) is 6.65. The Kier molecular flexibility index (Phi) is 7.06. The van der Waals surface area contributed by atoms with Crippen LogP contribution in [0.4, 0.5) is 4.79 Å². The molecule has 0 radical (unpaired) electrons. The highest BCUT2D eigenvalue weighted by molar-refractivity contribution is 7.12. The number of ether oxygens (including phenoxy) is 1. The number of benzene rings is 1. The van der Waals surface area contributed by atoms with Crippen LogP contribution in [-0.2, 0) is 18.2 Å². The molecule has 2 amide bonds. The van der Waals surface area contributed by atoms with Gasteiger partial charge in [-0.25, -0.2) is 9.48 Å². The van der Waals surface area contributed by atoms with E-state index in [2.05, 4.69) is 20.9 Å². The number of aryl methyl sites for hydroxylation is 1. The first kappa shape index (κ1) is 22.5. The van der Waals surface area contributed by atoms with E-state index in [-0.39, 0.29) is 18.5 Å². The van der Waals surface area contributed by atoms with E-state index in [1.54, 1.807) is 17.9 Å². The van der Waals surface area contributed by atoms with Gasteiger partial charge in [-0.15, -0.1) is 16.4 Å². The summed E-state index contributed by atoms with van der Waals surface area (Å²) in [6.07, 6.45) is 1.72. The Morgan fingerprint density at radius 1 is 1.23 bits per heavy atom. The first-order chi connectivity index (χ1) is 14.7. The first-order valence-electron chi connectivity index (χ1n) is 9.96. The number of thiophene rings is 1. The van der Waals surface area contributed by atoms with Crippen LogP contribution in [0, 0.1) is 0 Å². The van der Waals surface area contributed by atoms with Crippen LogP contribution >= 0.6 is 11.3 Å². The molecule has 0 saturated carbocycles. The molecule has 31 heavy (non-hydrogen) atoms. The summed E-state index contributed by atoms with van der Waals surface area (Å²) in [6, 6.07) is 11.3. The van der Waals surface area contributed by atoms with Crippen molar-refractivity contribution < 1.29 is 14.3 Å². The lowest BCUT2D eigenvalue weighted by atomic mass is 10.1. The number of amides is 2. The second-order valence-electron chi connectivity index (χ2n) is 8.19. The van der Waals surface area contributed by atoms with Gasteiger partial charge in [0, 0.05) is 24.5 Å². The van der Waals surface area contributed by atoms with Crippen molar-refractivity contribution in [1.29, 1.82) is 0 Å². The van der Waals surface area contributed by atoms with Crippen molar-refractivity contribution in [2.24, 2.45) is 7.05 Å². The van der Waals surface area contributed by atoms with Crippen LogP contribution in [-0.4, -0.2) is 45.2 Å². The van der Waals surface area contributed by atoms with Gasteiger partial charge in [0.15, 0.2) is 0 Å². The van der Waals surface area contributed by atoms with E-state index in [1.807, 2.05) is 62.5 Å². The molecule has 2 aromatic heterocycles. The quantitative estimate of drug-likeness (QED) is 0.586. The van der Waals surface area contributed by atoms with Gasteiger partial charge in [-0.3, -0.25) is 4.79 Å². The van der Waals surface area contributed by atoms with E-state index in [1.165, 1.54) is 11.3 Å². The molecule has 1 unspecified atom stereocenters. The SMILES string of the molecule is Cn1nncc1-c1csc(C(=O)NC(CNC(=O)OC(C)(C)C)Cc2ccccc2)c1. The summed E-state index contributed by atoms with van der Waals surface area (Å²) in [5, 5.41) is 15.5. The van der Waals surface area contributed by atoms with E-state index in [0.717, 1.165) is 16.8 Å². The molecule has 3 rings (SSSR count). The maximum Gasteiger partial charge on any atom is 0.407 e. The topological polar surface area (TPSA) is 98.1 Å². The Labute approximate surface area is 185 Å². The molecular formula is C22H27N5O3S. The minimum Gasteiger partial charge on any atom is -0.444 e. The number of alkyl carbamates (subject to hydrolysis) is 1. The van der Waals surface area contributed by atoms with E-state index >= 15 is 0 Å². The fourth-order valence-electron chi connectivity index (χ4n) is 2.99. The van der Waals surface area contributed by atoms with Crippen LogP contribution < -0.4 is 10.6 Å². The van der Waals surface area contributed by atoms with Crippen LogP contribution in [0.3, 0.4) is 0 Å². The second kappa shape index (κ2) is 9.74. The lowest BCUT2D eigenvalue weighted by Gasteiger charge is -2.22. The number of rotatable bonds is 7. The minimum atomic E-state index is -0.587. The zero-order valence-electron chi connectivity index (χ0n) is 18.1. The van der Waals surface area contributed by atoms with Gasteiger partial charge >= 0.3 is 6.09 Å². The first-order valence-corrected chi connectivity index (χ1v) is 10.8. The van der Waals surface area contributed by atoms with Gasteiger partial charge in [0.05, 0.1) is 22.8 Å². The highest BCUT2D eigenvalue weighted by Crippen LogP contribution is 2.24. The summed E-state index contributed by atoms with van der Waals surface area (Å²) in [7, 11) is 1.80. The van der Waals surface area contributed by atoms with E-state index < -0.39 is 11.7 Å². The molecule has 2 heterocycles. The lowest BCUT2D eigenvalue weighted by Crippen LogP contribution is -2.45. The van der Waals surface area contributed by atoms with Crippen molar-refractivity contribution >= 4 is 23.3 Å². The van der Waals surface area contributed by atoms with Gasteiger partial charge in [-0.2, -0.15) is 0 Å². The number of nitrogens with zero attached hydrogens (tertiary/aromatic N) is 3. The summed E-state index contributed by atoms with van der Waals surface area (Å²) >= 11 is 1.35. The maximum absolute atomic E-state index is 12.9. The predicted octanol–water partition coefficient (Wildman–Crippen LogP) is 3.41. The Bertz CT molecular complexity index is 1020. The van der Waals surface area contributed by atoms with Gasteiger partial charge < -0.3 is 15.4 Å². The van der Waals surface area contributed by atoms with Crippen molar-refractivity contribution in [3.63, 3.8) is 0 Å². The average Bonchev–Trinajstić information content (AvgIpc) is 3.34. The van der Waals surface area contributed by atoms with Crippen molar-refractivity contribution in [3.8, 4) is 11.3 Å². The van der Waals surface area contributed by atoms with Crippen LogP contribution in [0.5, 0.6) is 0 Å².